The smallest absolute Gasteiger partial charge is 0.172 e. The maximum absolute atomic E-state index is 4.24. The maximum atomic E-state index is 4.24. The molecule has 0 amide bonds. The molecule has 0 bridgehead atoms. The molecule has 0 saturated heterocycles. The molecule has 1 aromatic rings. The van der Waals surface area contributed by atoms with Crippen molar-refractivity contribution in [3.8, 4) is 0 Å². The normalized spacial score (nSPS) is 15.3. The van der Waals surface area contributed by atoms with Gasteiger partial charge in [-0.2, -0.15) is 0 Å². The van der Waals surface area contributed by atoms with Gasteiger partial charge < -0.3 is 4.98 Å². The SMILES string of the molecule is Cc1nc2c([nH]1)=CCCN=2. The van der Waals surface area contributed by atoms with Gasteiger partial charge in [0.1, 0.15) is 5.82 Å². The van der Waals surface area contributed by atoms with Crippen LogP contribution in [0.5, 0.6) is 0 Å². The van der Waals surface area contributed by atoms with E-state index in [4.69, 9.17) is 0 Å². The van der Waals surface area contributed by atoms with Crippen molar-refractivity contribution in [2.45, 2.75) is 13.3 Å². The molecule has 0 aliphatic carbocycles. The lowest BCUT2D eigenvalue weighted by atomic mass is 10.3. The number of hydrogen-bond donors (Lipinski definition) is 1. The number of imidazole rings is 1. The number of fused-ring (bicyclic) bond motifs is 1. The fourth-order valence-electron chi connectivity index (χ4n) is 1.14. The lowest BCUT2D eigenvalue weighted by Crippen LogP contribution is -2.27. The van der Waals surface area contributed by atoms with Gasteiger partial charge >= 0.3 is 0 Å². The van der Waals surface area contributed by atoms with Gasteiger partial charge in [-0.15, -0.1) is 0 Å². The van der Waals surface area contributed by atoms with Crippen LogP contribution >= 0.6 is 0 Å². The van der Waals surface area contributed by atoms with Crippen molar-refractivity contribution in [3.05, 3.63) is 16.7 Å². The molecule has 0 aromatic carbocycles. The fraction of sp³-hybridized carbons (Fsp3) is 0.429. The van der Waals surface area contributed by atoms with Gasteiger partial charge in [0.15, 0.2) is 5.49 Å². The molecule has 0 saturated carbocycles. The average molecular weight is 135 g/mol. The first-order valence-electron chi connectivity index (χ1n) is 3.43. The highest BCUT2D eigenvalue weighted by Gasteiger charge is 1.96. The molecular weight excluding hydrogens is 126 g/mol. The predicted molar refractivity (Wildman–Crippen MR) is 38.1 cm³/mol. The van der Waals surface area contributed by atoms with Crippen LogP contribution < -0.4 is 10.8 Å². The number of aromatic amines is 1. The molecule has 0 unspecified atom stereocenters. The topological polar surface area (TPSA) is 41.0 Å². The largest absolute Gasteiger partial charge is 0.341 e. The van der Waals surface area contributed by atoms with Gasteiger partial charge in [-0.3, -0.25) is 4.99 Å². The average Bonchev–Trinajstić information content (AvgIpc) is 2.27. The van der Waals surface area contributed by atoms with E-state index < -0.39 is 0 Å². The second kappa shape index (κ2) is 1.94. The van der Waals surface area contributed by atoms with Crippen LogP contribution in [0.2, 0.25) is 0 Å². The fourth-order valence-corrected chi connectivity index (χ4v) is 1.14. The summed E-state index contributed by atoms with van der Waals surface area (Å²) in [7, 11) is 0. The highest BCUT2D eigenvalue weighted by atomic mass is 15.0. The van der Waals surface area contributed by atoms with Crippen LogP contribution in [0.15, 0.2) is 4.99 Å². The predicted octanol–water partition coefficient (Wildman–Crippen LogP) is -0.478. The van der Waals surface area contributed by atoms with E-state index in [1.54, 1.807) is 0 Å². The summed E-state index contributed by atoms with van der Waals surface area (Å²) in [6.07, 6.45) is 3.18. The molecule has 1 aliphatic rings. The standard InChI is InChI=1S/C7H9N3/c1-5-9-6-3-2-4-8-7(6)10-5/h3H,2,4H2,1H3,(H,8,9,10). The third kappa shape index (κ3) is 0.744. The molecule has 1 N–H and O–H groups in total. The lowest BCUT2D eigenvalue weighted by Gasteiger charge is -1.89. The minimum absolute atomic E-state index is 0.878. The molecule has 0 fully saturated rings. The summed E-state index contributed by atoms with van der Waals surface area (Å²) < 4.78 is 0. The summed E-state index contributed by atoms with van der Waals surface area (Å²) >= 11 is 0. The van der Waals surface area contributed by atoms with E-state index in [-0.39, 0.29) is 0 Å². The van der Waals surface area contributed by atoms with Crippen molar-refractivity contribution >= 4 is 6.08 Å². The third-order valence-electron chi connectivity index (χ3n) is 1.57. The second-order valence-electron chi connectivity index (χ2n) is 2.43. The summed E-state index contributed by atoms with van der Waals surface area (Å²) in [6, 6.07) is 0. The highest BCUT2D eigenvalue weighted by Crippen LogP contribution is 1.84. The zero-order chi connectivity index (χ0) is 6.97. The molecule has 1 aliphatic heterocycles. The Balaban J connectivity index is 2.83. The molecule has 3 heteroatoms. The minimum atomic E-state index is 0.878. The molecule has 10 heavy (non-hydrogen) atoms. The minimum Gasteiger partial charge on any atom is -0.341 e. The number of aryl methyl sites for hydroxylation is 1. The molecule has 0 spiro atoms. The summed E-state index contributed by atoms with van der Waals surface area (Å²) in [6.45, 7) is 2.83. The van der Waals surface area contributed by atoms with Gasteiger partial charge in [0, 0.05) is 6.54 Å². The first-order chi connectivity index (χ1) is 4.86. The Morgan fingerprint density at radius 1 is 1.60 bits per heavy atom. The number of hydrogen-bond acceptors (Lipinski definition) is 2. The number of H-pyrrole nitrogens is 1. The molecule has 0 radical (unpaired) electrons. The third-order valence-corrected chi connectivity index (χ3v) is 1.57. The van der Waals surface area contributed by atoms with E-state index in [2.05, 4.69) is 21.0 Å². The van der Waals surface area contributed by atoms with E-state index in [1.165, 1.54) is 0 Å². The van der Waals surface area contributed by atoms with E-state index in [1.807, 2.05) is 6.92 Å². The van der Waals surface area contributed by atoms with Gasteiger partial charge in [-0.05, 0) is 13.3 Å². The lowest BCUT2D eigenvalue weighted by molar-refractivity contribution is 0.929. The Kier molecular flexibility index (Phi) is 1.09. The summed E-state index contributed by atoms with van der Waals surface area (Å²) in [5.74, 6) is 0.951. The van der Waals surface area contributed by atoms with Crippen LogP contribution in [-0.2, 0) is 0 Å². The van der Waals surface area contributed by atoms with E-state index in [0.29, 0.717) is 0 Å². The van der Waals surface area contributed by atoms with Crippen LogP contribution in [0.1, 0.15) is 12.2 Å². The summed E-state index contributed by atoms with van der Waals surface area (Å²) in [5.41, 5.74) is 0.878. The van der Waals surface area contributed by atoms with Crippen LogP contribution in [0.3, 0.4) is 0 Å². The van der Waals surface area contributed by atoms with E-state index in [9.17, 15) is 0 Å². The zero-order valence-electron chi connectivity index (χ0n) is 5.89. The van der Waals surface area contributed by atoms with Gasteiger partial charge in [-0.1, -0.05) is 6.08 Å². The van der Waals surface area contributed by atoms with Gasteiger partial charge in [0.2, 0.25) is 0 Å². The summed E-state index contributed by atoms with van der Waals surface area (Å²) in [5, 5.41) is 1.09. The molecule has 2 rings (SSSR count). The quantitative estimate of drug-likeness (QED) is 0.513. The van der Waals surface area contributed by atoms with Crippen LogP contribution in [0.25, 0.3) is 6.08 Å². The van der Waals surface area contributed by atoms with E-state index >= 15 is 0 Å². The van der Waals surface area contributed by atoms with Gasteiger partial charge in [-0.25, -0.2) is 4.98 Å². The molecule has 1 aromatic heterocycles. The molecule has 52 valence electrons. The van der Waals surface area contributed by atoms with Crippen LogP contribution in [0.4, 0.5) is 0 Å². The summed E-state index contributed by atoms with van der Waals surface area (Å²) in [4.78, 5) is 11.6. The maximum Gasteiger partial charge on any atom is 0.172 e. The number of nitrogens with zero attached hydrogens (tertiary/aromatic N) is 2. The molecule has 0 atom stereocenters. The van der Waals surface area contributed by atoms with Gasteiger partial charge in [0.25, 0.3) is 0 Å². The monoisotopic (exact) mass is 135 g/mol. The van der Waals surface area contributed by atoms with Crippen molar-refractivity contribution < 1.29 is 0 Å². The van der Waals surface area contributed by atoms with Crippen LogP contribution in [0, 0.1) is 6.92 Å². The molecule has 3 nitrogen and oxygen atoms in total. The Morgan fingerprint density at radius 3 is 3.30 bits per heavy atom. The number of nitrogens with one attached hydrogen (secondary N) is 1. The Hall–Kier alpha value is -1.12. The Bertz CT molecular complexity index is 314. The number of rotatable bonds is 0. The Morgan fingerprint density at radius 2 is 2.50 bits per heavy atom. The first-order valence-corrected chi connectivity index (χ1v) is 3.43. The van der Waals surface area contributed by atoms with Crippen molar-refractivity contribution in [2.75, 3.05) is 6.54 Å². The van der Waals surface area contributed by atoms with E-state index in [0.717, 1.165) is 29.6 Å². The highest BCUT2D eigenvalue weighted by molar-refractivity contribution is 5.19. The zero-order valence-corrected chi connectivity index (χ0v) is 5.89. The second-order valence-corrected chi connectivity index (χ2v) is 2.43. The van der Waals surface area contributed by atoms with Crippen molar-refractivity contribution in [2.24, 2.45) is 4.99 Å². The van der Waals surface area contributed by atoms with Crippen LogP contribution in [-0.4, -0.2) is 16.5 Å². The molecule has 2 heterocycles. The Labute approximate surface area is 58.5 Å². The van der Waals surface area contributed by atoms with Gasteiger partial charge in [0.05, 0.1) is 5.35 Å². The van der Waals surface area contributed by atoms with Crippen molar-refractivity contribution in [3.63, 3.8) is 0 Å². The molecular formula is C7H9N3. The van der Waals surface area contributed by atoms with Crippen molar-refractivity contribution in [1.29, 1.82) is 0 Å². The van der Waals surface area contributed by atoms with Crippen molar-refractivity contribution in [1.82, 2.24) is 9.97 Å². The number of aromatic nitrogens is 2. The first kappa shape index (κ1) is 5.65.